The first-order chi connectivity index (χ1) is 18.3. The third-order valence-corrected chi connectivity index (χ3v) is 9.31. The largest absolute Gasteiger partial charge is 0.459 e. The van der Waals surface area contributed by atoms with E-state index in [-0.39, 0.29) is 25.0 Å². The highest BCUT2D eigenvalue weighted by atomic mass is 16.7. The van der Waals surface area contributed by atoms with Crippen LogP contribution in [0.1, 0.15) is 74.7 Å². The van der Waals surface area contributed by atoms with E-state index in [0.29, 0.717) is 6.42 Å². The minimum absolute atomic E-state index is 0.0133. The number of cyclic esters (lactones) is 1. The van der Waals surface area contributed by atoms with Crippen molar-refractivity contribution in [2.24, 2.45) is 23.7 Å². The zero-order valence-corrected chi connectivity index (χ0v) is 25.9. The topological polar surface area (TPSA) is 169 Å². The molecule has 2 saturated heterocycles. The molecule has 15 atom stereocenters. The molecule has 6 N–H and O–H groups in total. The molecule has 0 aromatic heterocycles. The number of rotatable bonds is 4. The summed E-state index contributed by atoms with van der Waals surface area (Å²) in [5, 5.41) is 67.8. The third kappa shape index (κ3) is 7.54. The number of carbonyl (C=O) groups excluding carboxylic acids is 1. The summed E-state index contributed by atoms with van der Waals surface area (Å²) in [5.74, 6) is -4.14. The Morgan fingerprint density at radius 3 is 2.05 bits per heavy atom. The molecule has 2 heterocycles. The van der Waals surface area contributed by atoms with Gasteiger partial charge in [-0.25, -0.2) is 0 Å². The van der Waals surface area contributed by atoms with Crippen LogP contribution in [0.15, 0.2) is 0 Å². The second kappa shape index (κ2) is 13.6. The number of nitrogens with zero attached hydrogens (tertiary/aromatic N) is 1. The van der Waals surface area contributed by atoms with Crippen molar-refractivity contribution in [2.45, 2.75) is 141 Å². The van der Waals surface area contributed by atoms with Gasteiger partial charge in [-0.15, -0.1) is 0 Å². The smallest absolute Gasteiger partial charge is 0.311 e. The Balaban J connectivity index is 2.54. The Kier molecular flexibility index (Phi) is 12.0. The lowest BCUT2D eigenvalue weighted by Gasteiger charge is -2.47. The van der Waals surface area contributed by atoms with E-state index in [1.54, 1.807) is 27.7 Å². The predicted molar refractivity (Wildman–Crippen MR) is 148 cm³/mol. The van der Waals surface area contributed by atoms with E-state index in [1.165, 1.54) is 20.8 Å². The molecule has 0 aromatic rings. The summed E-state index contributed by atoms with van der Waals surface area (Å²) >= 11 is 0. The fraction of sp³-hybridized carbons (Fsp3) is 0.966. The van der Waals surface area contributed by atoms with Gasteiger partial charge in [-0.3, -0.25) is 4.79 Å². The van der Waals surface area contributed by atoms with Crippen LogP contribution in [0.25, 0.3) is 0 Å². The van der Waals surface area contributed by atoms with Crippen LogP contribution in [0, 0.1) is 23.7 Å². The van der Waals surface area contributed by atoms with Crippen molar-refractivity contribution in [3.8, 4) is 0 Å². The maximum atomic E-state index is 13.2. The van der Waals surface area contributed by atoms with Crippen LogP contribution in [0.4, 0.5) is 0 Å². The zero-order valence-electron chi connectivity index (χ0n) is 25.9. The molecule has 40 heavy (non-hydrogen) atoms. The van der Waals surface area contributed by atoms with Gasteiger partial charge in [-0.05, 0) is 67.0 Å². The first kappa shape index (κ1) is 35.3. The van der Waals surface area contributed by atoms with Gasteiger partial charge in [-0.1, -0.05) is 27.7 Å². The van der Waals surface area contributed by atoms with Gasteiger partial charge in [0.05, 0.1) is 42.0 Å². The number of carbonyl (C=O) groups is 1. The highest BCUT2D eigenvalue weighted by Crippen LogP contribution is 2.38. The lowest BCUT2D eigenvalue weighted by molar-refractivity contribution is -0.300. The summed E-state index contributed by atoms with van der Waals surface area (Å²) in [6.07, 6.45) is -7.86. The summed E-state index contributed by atoms with van der Waals surface area (Å²) in [6, 6.07) is -0.270. The molecule has 2 aliphatic rings. The van der Waals surface area contributed by atoms with Crippen molar-refractivity contribution in [3.05, 3.63) is 0 Å². The van der Waals surface area contributed by atoms with Crippen molar-refractivity contribution in [1.82, 2.24) is 4.90 Å². The maximum absolute atomic E-state index is 13.2. The number of ether oxygens (including phenoxy) is 3. The number of esters is 1. The van der Waals surface area contributed by atoms with E-state index in [2.05, 4.69) is 0 Å². The van der Waals surface area contributed by atoms with Crippen LogP contribution in [0.2, 0.25) is 0 Å². The van der Waals surface area contributed by atoms with Gasteiger partial charge in [-0.2, -0.15) is 0 Å². The van der Waals surface area contributed by atoms with Crippen LogP contribution in [0.5, 0.6) is 0 Å². The molecule has 0 aromatic carbocycles. The van der Waals surface area contributed by atoms with Gasteiger partial charge in [0.1, 0.15) is 17.8 Å². The van der Waals surface area contributed by atoms with Crippen molar-refractivity contribution in [1.29, 1.82) is 0 Å². The molecular weight excluding hydrogens is 522 g/mol. The Morgan fingerprint density at radius 2 is 1.52 bits per heavy atom. The monoisotopic (exact) mass is 577 g/mol. The fourth-order valence-electron chi connectivity index (χ4n) is 6.59. The summed E-state index contributed by atoms with van der Waals surface area (Å²) in [5.41, 5.74) is -3.56. The SMILES string of the molecule is CCC1OC(=O)C(C)C(O)C(C)[C@@H](OC2OC(C)CC(N(C)C)[C@H]2O)[C@@](C)(O)C[C@@H](C)C(O)[C@H](C)[C@@H](O)[C@]1(C)O. The lowest BCUT2D eigenvalue weighted by Crippen LogP contribution is -2.60. The molecule has 2 aliphatic heterocycles. The van der Waals surface area contributed by atoms with Crippen LogP contribution in [-0.2, 0) is 19.0 Å². The standard InChI is InChI=1S/C29H55NO10/c1-11-20-29(8,37)24(34)16(4)21(31)14(2)13-28(7,36)25(17(5)22(32)18(6)26(35)39-20)40-27-23(33)19(30(9)10)12-15(3)38-27/h14-25,27,31-34,36-37H,11-13H2,1-10H3/t14-,15?,16+,17?,18?,19?,20?,21?,22?,23-,24-,25-,27?,28+,29-/m1/s1. The maximum Gasteiger partial charge on any atom is 0.311 e. The number of aliphatic hydroxyl groups excluding tert-OH is 4. The van der Waals surface area contributed by atoms with E-state index in [4.69, 9.17) is 14.2 Å². The van der Waals surface area contributed by atoms with Gasteiger partial charge < -0.3 is 49.7 Å². The summed E-state index contributed by atoms with van der Waals surface area (Å²) < 4.78 is 17.9. The Bertz CT molecular complexity index is 823. The summed E-state index contributed by atoms with van der Waals surface area (Å²) in [4.78, 5) is 15.1. The van der Waals surface area contributed by atoms with Crippen LogP contribution in [0.3, 0.4) is 0 Å². The molecule has 8 unspecified atom stereocenters. The van der Waals surface area contributed by atoms with Crippen molar-refractivity contribution in [2.75, 3.05) is 14.1 Å². The van der Waals surface area contributed by atoms with Gasteiger partial charge in [0.15, 0.2) is 6.29 Å². The van der Waals surface area contributed by atoms with Crippen LogP contribution in [-0.4, -0.2) is 122 Å². The van der Waals surface area contributed by atoms with Gasteiger partial charge in [0, 0.05) is 17.9 Å². The first-order valence-electron chi connectivity index (χ1n) is 14.6. The highest BCUT2D eigenvalue weighted by molar-refractivity contribution is 5.73. The second-order valence-corrected chi connectivity index (χ2v) is 13.2. The van der Waals surface area contributed by atoms with Crippen LogP contribution < -0.4 is 0 Å². The van der Waals surface area contributed by atoms with E-state index in [9.17, 15) is 35.4 Å². The van der Waals surface area contributed by atoms with E-state index < -0.39 is 83.8 Å². The second-order valence-electron chi connectivity index (χ2n) is 13.2. The molecule has 236 valence electrons. The number of likely N-dealkylation sites (N-methyl/N-ethyl adjacent to an activating group) is 1. The number of hydrogen-bond donors (Lipinski definition) is 6. The molecular formula is C29H55NO10. The number of hydrogen-bond acceptors (Lipinski definition) is 11. The molecule has 0 radical (unpaired) electrons. The third-order valence-electron chi connectivity index (χ3n) is 9.31. The summed E-state index contributed by atoms with van der Waals surface area (Å²) in [7, 11) is 3.69. The first-order valence-corrected chi connectivity index (χ1v) is 14.6. The molecule has 2 fully saturated rings. The van der Waals surface area contributed by atoms with Crippen LogP contribution >= 0.6 is 0 Å². The lowest BCUT2D eigenvalue weighted by atomic mass is 9.73. The Labute approximate surface area is 239 Å². The molecule has 0 aliphatic carbocycles. The quantitative estimate of drug-likeness (QED) is 0.259. The average molecular weight is 578 g/mol. The molecule has 0 amide bonds. The molecule has 0 spiro atoms. The van der Waals surface area contributed by atoms with E-state index >= 15 is 0 Å². The highest BCUT2D eigenvalue weighted by Gasteiger charge is 2.51. The van der Waals surface area contributed by atoms with E-state index in [1.807, 2.05) is 25.9 Å². The molecule has 11 heteroatoms. The minimum Gasteiger partial charge on any atom is -0.459 e. The van der Waals surface area contributed by atoms with E-state index in [0.717, 1.165) is 0 Å². The van der Waals surface area contributed by atoms with Crippen molar-refractivity contribution in [3.63, 3.8) is 0 Å². The average Bonchev–Trinajstić information content (AvgIpc) is 2.87. The van der Waals surface area contributed by atoms with Gasteiger partial charge in [0.2, 0.25) is 0 Å². The van der Waals surface area contributed by atoms with Gasteiger partial charge >= 0.3 is 5.97 Å². The van der Waals surface area contributed by atoms with Crippen molar-refractivity contribution >= 4 is 5.97 Å². The summed E-state index contributed by atoms with van der Waals surface area (Å²) in [6.45, 7) is 12.9. The molecule has 0 saturated carbocycles. The Hall–Kier alpha value is -0.890. The zero-order chi connectivity index (χ0) is 30.9. The van der Waals surface area contributed by atoms with Crippen molar-refractivity contribution < 1.29 is 49.6 Å². The Morgan fingerprint density at radius 1 is 0.950 bits per heavy atom. The predicted octanol–water partition coefficient (Wildman–Crippen LogP) is 0.652. The minimum atomic E-state index is -1.88. The fourth-order valence-corrected chi connectivity index (χ4v) is 6.59. The number of aliphatic hydroxyl groups is 6. The molecule has 0 bridgehead atoms. The molecule has 11 nitrogen and oxygen atoms in total. The van der Waals surface area contributed by atoms with Gasteiger partial charge in [0.25, 0.3) is 0 Å². The normalized spacial score (nSPS) is 50.3. The molecule has 2 rings (SSSR count).